The van der Waals surface area contributed by atoms with E-state index >= 15 is 0 Å². The molecule has 0 saturated heterocycles. The lowest BCUT2D eigenvalue weighted by molar-refractivity contribution is 0.158. The fourth-order valence-corrected chi connectivity index (χ4v) is 3.78. The molecule has 1 amide bonds. The number of rotatable bonds is 4. The molecule has 0 spiro atoms. The van der Waals surface area contributed by atoms with Crippen LogP contribution in [0.15, 0.2) is 66.7 Å². The molecule has 136 valence electrons. The number of benzene rings is 3. The highest BCUT2D eigenvalue weighted by Crippen LogP contribution is 2.44. The molecule has 0 atom stereocenters. The van der Waals surface area contributed by atoms with E-state index in [4.69, 9.17) is 4.74 Å². The Morgan fingerprint density at radius 2 is 1.63 bits per heavy atom. The van der Waals surface area contributed by atoms with Crippen molar-refractivity contribution in [3.63, 3.8) is 0 Å². The van der Waals surface area contributed by atoms with Gasteiger partial charge in [-0.25, -0.2) is 4.79 Å². The number of nitrogens with one attached hydrogen (secondary N) is 1. The Hall–Kier alpha value is -3.11. The van der Waals surface area contributed by atoms with Crippen molar-refractivity contribution in [2.75, 3.05) is 11.9 Å². The Morgan fingerprint density at radius 3 is 2.26 bits per heavy atom. The average Bonchev–Trinajstić information content (AvgIpc) is 3.00. The second kappa shape index (κ2) is 7.25. The van der Waals surface area contributed by atoms with E-state index in [1.807, 2.05) is 43.3 Å². The van der Waals surface area contributed by atoms with Gasteiger partial charge >= 0.3 is 6.09 Å². The molecular weight excluding hydrogens is 338 g/mol. The van der Waals surface area contributed by atoms with Gasteiger partial charge in [0.1, 0.15) is 6.61 Å². The van der Waals surface area contributed by atoms with Crippen molar-refractivity contribution in [1.29, 1.82) is 0 Å². The first-order valence-electron chi connectivity index (χ1n) is 8.99. The van der Waals surface area contributed by atoms with Gasteiger partial charge in [-0.15, -0.1) is 0 Å². The smallest absolute Gasteiger partial charge is 0.411 e. The number of carbonyl (C=O) groups excluding carboxylic acids is 1. The summed E-state index contributed by atoms with van der Waals surface area (Å²) in [5.74, 6) is 0.0358. The largest absolute Gasteiger partial charge is 0.448 e. The molecule has 1 aliphatic carbocycles. The molecule has 4 nitrogen and oxygen atoms in total. The monoisotopic (exact) mass is 359 g/mol. The number of amides is 1. The van der Waals surface area contributed by atoms with Crippen LogP contribution in [0.4, 0.5) is 10.5 Å². The lowest BCUT2D eigenvalue weighted by Gasteiger charge is -2.15. The Kier molecular flexibility index (Phi) is 4.65. The number of anilines is 1. The van der Waals surface area contributed by atoms with E-state index in [1.165, 1.54) is 22.3 Å². The molecule has 0 aromatic heterocycles. The molecule has 4 rings (SSSR count). The highest BCUT2D eigenvalue weighted by atomic mass is 16.5. The summed E-state index contributed by atoms with van der Waals surface area (Å²) in [7, 11) is 0. The van der Waals surface area contributed by atoms with Crippen LogP contribution in [0.1, 0.15) is 28.2 Å². The van der Waals surface area contributed by atoms with E-state index in [0.717, 1.165) is 11.1 Å². The summed E-state index contributed by atoms with van der Waals surface area (Å²) < 4.78 is 5.54. The molecule has 0 heterocycles. The predicted octanol–water partition coefficient (Wildman–Crippen LogP) is 4.85. The topological polar surface area (TPSA) is 58.6 Å². The van der Waals surface area contributed by atoms with Gasteiger partial charge in [-0.1, -0.05) is 54.6 Å². The van der Waals surface area contributed by atoms with Crippen LogP contribution in [-0.2, 0) is 11.3 Å². The van der Waals surface area contributed by atoms with Crippen LogP contribution in [0.5, 0.6) is 0 Å². The van der Waals surface area contributed by atoms with E-state index in [9.17, 15) is 9.90 Å². The third-order valence-corrected chi connectivity index (χ3v) is 4.91. The minimum absolute atomic E-state index is 0.0358. The first kappa shape index (κ1) is 17.3. The second-order valence-corrected chi connectivity index (χ2v) is 6.82. The Bertz CT molecular complexity index is 951. The molecule has 1 aliphatic rings. The molecule has 2 N–H and O–H groups in total. The van der Waals surface area contributed by atoms with Gasteiger partial charge in [0.2, 0.25) is 0 Å². The van der Waals surface area contributed by atoms with Gasteiger partial charge in [0, 0.05) is 11.6 Å². The molecule has 0 saturated carbocycles. The van der Waals surface area contributed by atoms with Crippen LogP contribution in [0.2, 0.25) is 0 Å². The van der Waals surface area contributed by atoms with E-state index in [2.05, 4.69) is 29.6 Å². The van der Waals surface area contributed by atoms with Crippen LogP contribution < -0.4 is 5.32 Å². The molecule has 4 heteroatoms. The molecular formula is C23H21NO3. The summed E-state index contributed by atoms with van der Waals surface area (Å²) in [4.78, 5) is 12.3. The highest BCUT2D eigenvalue weighted by Gasteiger charge is 2.28. The molecule has 3 aromatic carbocycles. The average molecular weight is 359 g/mol. The summed E-state index contributed by atoms with van der Waals surface area (Å²) in [5.41, 5.74) is 7.12. The zero-order valence-corrected chi connectivity index (χ0v) is 15.1. The van der Waals surface area contributed by atoms with Crippen molar-refractivity contribution >= 4 is 11.8 Å². The number of fused-ring (bicyclic) bond motifs is 3. The van der Waals surface area contributed by atoms with Crippen LogP contribution in [0, 0.1) is 6.92 Å². The molecule has 0 fully saturated rings. The number of carbonyl (C=O) groups is 1. The third-order valence-electron chi connectivity index (χ3n) is 4.91. The lowest BCUT2D eigenvalue weighted by atomic mass is 9.98. The normalized spacial score (nSPS) is 12.4. The maximum Gasteiger partial charge on any atom is 0.411 e. The Balaban J connectivity index is 1.49. The van der Waals surface area contributed by atoms with Crippen molar-refractivity contribution in [1.82, 2.24) is 0 Å². The van der Waals surface area contributed by atoms with Gasteiger partial charge in [0.15, 0.2) is 0 Å². The fraction of sp³-hybridized carbons (Fsp3) is 0.174. The van der Waals surface area contributed by atoms with Gasteiger partial charge in [-0.05, 0) is 52.4 Å². The minimum atomic E-state index is -0.494. The van der Waals surface area contributed by atoms with E-state index in [1.54, 1.807) is 6.07 Å². The zero-order chi connectivity index (χ0) is 18.8. The third kappa shape index (κ3) is 3.44. The van der Waals surface area contributed by atoms with E-state index < -0.39 is 6.09 Å². The zero-order valence-electron chi connectivity index (χ0n) is 15.1. The van der Waals surface area contributed by atoms with Crippen molar-refractivity contribution < 1.29 is 14.6 Å². The highest BCUT2D eigenvalue weighted by molar-refractivity contribution is 5.85. The minimum Gasteiger partial charge on any atom is -0.448 e. The Morgan fingerprint density at radius 1 is 1.00 bits per heavy atom. The van der Waals surface area contributed by atoms with Gasteiger partial charge < -0.3 is 9.84 Å². The summed E-state index contributed by atoms with van der Waals surface area (Å²) in [6.45, 7) is 2.13. The van der Waals surface area contributed by atoms with Crippen LogP contribution in [0.3, 0.4) is 0 Å². The number of hydrogen-bond donors (Lipinski definition) is 2. The van der Waals surface area contributed by atoms with E-state index in [0.29, 0.717) is 5.69 Å². The van der Waals surface area contributed by atoms with Crippen molar-refractivity contribution in [3.8, 4) is 11.1 Å². The molecule has 0 unspecified atom stereocenters. The molecule has 0 radical (unpaired) electrons. The van der Waals surface area contributed by atoms with Crippen molar-refractivity contribution in [2.24, 2.45) is 0 Å². The van der Waals surface area contributed by atoms with Crippen LogP contribution in [-0.4, -0.2) is 17.8 Å². The number of aliphatic hydroxyl groups is 1. The maximum absolute atomic E-state index is 12.3. The molecule has 0 aliphatic heterocycles. The number of hydrogen-bond acceptors (Lipinski definition) is 3. The van der Waals surface area contributed by atoms with Gasteiger partial charge in [-0.2, -0.15) is 0 Å². The maximum atomic E-state index is 12.3. The SMILES string of the molecule is Cc1cc(CO)cc(NC(=O)OCC2c3ccccc3-c3ccccc32)c1. The number of ether oxygens (including phenoxy) is 1. The summed E-state index contributed by atoms with van der Waals surface area (Å²) >= 11 is 0. The predicted molar refractivity (Wildman–Crippen MR) is 106 cm³/mol. The van der Waals surface area contributed by atoms with Gasteiger partial charge in [0.05, 0.1) is 6.61 Å². The summed E-state index contributed by atoms with van der Waals surface area (Å²) in [6.07, 6.45) is -0.494. The van der Waals surface area contributed by atoms with Crippen LogP contribution in [0.25, 0.3) is 11.1 Å². The molecule has 27 heavy (non-hydrogen) atoms. The summed E-state index contributed by atoms with van der Waals surface area (Å²) in [5, 5.41) is 12.1. The lowest BCUT2D eigenvalue weighted by Crippen LogP contribution is -2.18. The second-order valence-electron chi connectivity index (χ2n) is 6.82. The number of aryl methyl sites for hydroxylation is 1. The molecule has 0 bridgehead atoms. The first-order chi connectivity index (χ1) is 13.2. The standard InChI is InChI=1S/C23H21NO3/c1-15-10-16(13-25)12-17(11-15)24-23(26)27-14-22-20-8-4-2-6-18(20)19-7-3-5-9-21(19)22/h2-12,22,25H,13-14H2,1H3,(H,24,26). The first-order valence-corrected chi connectivity index (χ1v) is 8.99. The summed E-state index contributed by atoms with van der Waals surface area (Å²) in [6, 6.07) is 22.0. The fourth-order valence-electron chi connectivity index (χ4n) is 3.78. The van der Waals surface area contributed by atoms with Crippen molar-refractivity contribution in [2.45, 2.75) is 19.4 Å². The Labute approximate surface area is 158 Å². The van der Waals surface area contributed by atoms with Crippen LogP contribution >= 0.6 is 0 Å². The van der Waals surface area contributed by atoms with Crippen molar-refractivity contribution in [3.05, 3.63) is 89.0 Å². The van der Waals surface area contributed by atoms with Gasteiger partial charge in [0.25, 0.3) is 0 Å². The number of aliphatic hydroxyl groups excluding tert-OH is 1. The van der Waals surface area contributed by atoms with Gasteiger partial charge in [-0.3, -0.25) is 5.32 Å². The molecule has 3 aromatic rings. The van der Waals surface area contributed by atoms with E-state index in [-0.39, 0.29) is 19.1 Å². The quantitative estimate of drug-likeness (QED) is 0.700.